The first-order valence-electron chi connectivity index (χ1n) is 10.1. The minimum atomic E-state index is -1.08. The number of aryl methyl sites for hydroxylation is 1. The lowest BCUT2D eigenvalue weighted by Crippen LogP contribution is -2.44. The Balaban J connectivity index is 0.00000320. The smallest absolute Gasteiger partial charge is 0.112 e. The largest absolute Gasteiger partial charge is 0.412 e. The van der Waals surface area contributed by atoms with Gasteiger partial charge in [0.1, 0.15) is 12.2 Å². The zero-order valence-corrected chi connectivity index (χ0v) is 17.7. The fourth-order valence-electron chi connectivity index (χ4n) is 3.90. The van der Waals surface area contributed by atoms with Gasteiger partial charge in [-0.15, -0.1) is 0 Å². The summed E-state index contributed by atoms with van der Waals surface area (Å²) in [5.74, 6) is 0.459. The molecule has 6 heteroatoms. The average Bonchev–Trinajstić information content (AvgIpc) is 2.71. The standard InChI is InChI=1S/C24H29NO4.H2O/c1-14(2)17-6-4-16(5-7-17)9-18-10-21(15(3)8-19(18)12-25)24-23(28)22(27)11-20(13-26)29-24;/h4-8,10,14,20,22-24,26-28H,9,11,13H2,1-3H3;1H2/t20-,22-,23+,24-;/m0./s1. The summed E-state index contributed by atoms with van der Waals surface area (Å²) in [5, 5.41) is 39.8. The number of ether oxygens (including phenoxy) is 1. The lowest BCUT2D eigenvalue weighted by molar-refractivity contribution is -0.179. The highest BCUT2D eigenvalue weighted by Crippen LogP contribution is 2.35. The van der Waals surface area contributed by atoms with E-state index in [2.05, 4.69) is 44.2 Å². The van der Waals surface area contributed by atoms with Crippen LogP contribution < -0.4 is 0 Å². The van der Waals surface area contributed by atoms with E-state index in [0.717, 1.165) is 22.3 Å². The maximum Gasteiger partial charge on any atom is 0.112 e. The second-order valence-corrected chi connectivity index (χ2v) is 8.21. The minimum absolute atomic E-state index is 0. The highest BCUT2D eigenvalue weighted by atomic mass is 16.5. The van der Waals surface area contributed by atoms with E-state index in [1.807, 2.05) is 13.0 Å². The lowest BCUT2D eigenvalue weighted by atomic mass is 9.87. The van der Waals surface area contributed by atoms with Gasteiger partial charge in [-0.1, -0.05) is 44.2 Å². The second kappa shape index (κ2) is 10.2. The Morgan fingerprint density at radius 2 is 1.83 bits per heavy atom. The Hall–Kier alpha value is -2.27. The van der Waals surface area contributed by atoms with Gasteiger partial charge in [0.2, 0.25) is 0 Å². The quantitative estimate of drug-likeness (QED) is 0.693. The first-order valence-corrected chi connectivity index (χ1v) is 10.1. The van der Waals surface area contributed by atoms with E-state index in [9.17, 15) is 20.6 Å². The fourth-order valence-corrected chi connectivity index (χ4v) is 3.90. The molecule has 5 N–H and O–H groups in total. The van der Waals surface area contributed by atoms with Crippen molar-refractivity contribution in [2.75, 3.05) is 6.61 Å². The molecule has 1 aliphatic rings. The molecule has 1 heterocycles. The molecular weight excluding hydrogens is 382 g/mol. The van der Waals surface area contributed by atoms with Crippen molar-refractivity contribution in [2.45, 2.75) is 63.9 Å². The summed E-state index contributed by atoms with van der Waals surface area (Å²) >= 11 is 0. The van der Waals surface area contributed by atoms with Crippen LogP contribution in [0.3, 0.4) is 0 Å². The molecule has 1 aliphatic heterocycles. The summed E-state index contributed by atoms with van der Waals surface area (Å²) in [6.45, 7) is 5.95. The van der Waals surface area contributed by atoms with Crippen LogP contribution in [-0.2, 0) is 11.2 Å². The molecule has 0 spiro atoms. The van der Waals surface area contributed by atoms with Crippen molar-refractivity contribution in [3.05, 3.63) is 69.8 Å². The van der Waals surface area contributed by atoms with Gasteiger partial charge in [0, 0.05) is 6.42 Å². The Kier molecular flexibility index (Phi) is 8.13. The number of benzene rings is 2. The number of aliphatic hydroxyl groups is 3. The predicted octanol–water partition coefficient (Wildman–Crippen LogP) is 2.30. The van der Waals surface area contributed by atoms with Crippen LogP contribution in [0.1, 0.15) is 65.7 Å². The zero-order chi connectivity index (χ0) is 21.1. The molecule has 0 radical (unpaired) electrons. The molecule has 3 rings (SSSR count). The van der Waals surface area contributed by atoms with Crippen LogP contribution in [0, 0.1) is 18.3 Å². The van der Waals surface area contributed by atoms with Crippen molar-refractivity contribution in [1.82, 2.24) is 0 Å². The minimum Gasteiger partial charge on any atom is -0.412 e. The highest BCUT2D eigenvalue weighted by Gasteiger charge is 2.38. The van der Waals surface area contributed by atoms with Crippen LogP contribution in [0.25, 0.3) is 0 Å². The summed E-state index contributed by atoms with van der Waals surface area (Å²) < 4.78 is 5.86. The van der Waals surface area contributed by atoms with Gasteiger partial charge in [-0.3, -0.25) is 0 Å². The van der Waals surface area contributed by atoms with Crippen molar-refractivity contribution < 1.29 is 25.5 Å². The molecule has 0 unspecified atom stereocenters. The molecule has 0 aromatic heterocycles. The molecule has 0 bridgehead atoms. The highest BCUT2D eigenvalue weighted by molar-refractivity contribution is 5.47. The van der Waals surface area contributed by atoms with Crippen molar-refractivity contribution in [3.8, 4) is 6.07 Å². The Morgan fingerprint density at radius 3 is 2.40 bits per heavy atom. The van der Waals surface area contributed by atoms with Gasteiger partial charge in [0.15, 0.2) is 0 Å². The second-order valence-electron chi connectivity index (χ2n) is 8.21. The normalized spacial score (nSPS) is 23.7. The number of hydrogen-bond donors (Lipinski definition) is 3. The topological polar surface area (TPSA) is 125 Å². The summed E-state index contributed by atoms with van der Waals surface area (Å²) in [6, 6.07) is 14.3. The van der Waals surface area contributed by atoms with E-state index in [0.29, 0.717) is 17.9 Å². The third-order valence-electron chi connectivity index (χ3n) is 5.71. The van der Waals surface area contributed by atoms with E-state index < -0.39 is 24.4 Å². The average molecular weight is 414 g/mol. The van der Waals surface area contributed by atoms with Crippen LogP contribution >= 0.6 is 0 Å². The van der Waals surface area contributed by atoms with Gasteiger partial charge in [-0.25, -0.2) is 0 Å². The lowest BCUT2D eigenvalue weighted by Gasteiger charge is -2.37. The Labute approximate surface area is 177 Å². The summed E-state index contributed by atoms with van der Waals surface area (Å²) in [4.78, 5) is 0. The molecule has 4 atom stereocenters. The first-order chi connectivity index (χ1) is 13.8. The molecule has 6 nitrogen and oxygen atoms in total. The van der Waals surface area contributed by atoms with Gasteiger partial charge >= 0.3 is 0 Å². The number of nitrogens with zero attached hydrogens (tertiary/aromatic N) is 1. The number of aliphatic hydroxyl groups excluding tert-OH is 3. The van der Waals surface area contributed by atoms with Crippen molar-refractivity contribution in [1.29, 1.82) is 5.26 Å². The van der Waals surface area contributed by atoms with Crippen LogP contribution in [0.15, 0.2) is 36.4 Å². The van der Waals surface area contributed by atoms with Crippen molar-refractivity contribution >= 4 is 0 Å². The summed E-state index contributed by atoms with van der Waals surface area (Å²) in [6.07, 6.45) is -2.54. The van der Waals surface area contributed by atoms with Crippen molar-refractivity contribution in [2.24, 2.45) is 0 Å². The maximum absolute atomic E-state index is 10.5. The molecule has 1 fully saturated rings. The van der Waals surface area contributed by atoms with Crippen LogP contribution in [0.2, 0.25) is 0 Å². The van der Waals surface area contributed by atoms with Crippen LogP contribution in [0.4, 0.5) is 0 Å². The monoisotopic (exact) mass is 413 g/mol. The van der Waals surface area contributed by atoms with Gasteiger partial charge in [-0.05, 0) is 53.1 Å². The van der Waals surface area contributed by atoms with E-state index in [1.54, 1.807) is 6.07 Å². The molecular formula is C24H31NO5. The molecule has 1 saturated heterocycles. The number of nitriles is 1. The fraction of sp³-hybridized carbons (Fsp3) is 0.458. The van der Waals surface area contributed by atoms with Crippen LogP contribution in [-0.4, -0.2) is 45.7 Å². The van der Waals surface area contributed by atoms with Gasteiger partial charge in [0.05, 0.1) is 30.4 Å². The van der Waals surface area contributed by atoms with Crippen molar-refractivity contribution in [3.63, 3.8) is 0 Å². The van der Waals surface area contributed by atoms with Crippen LogP contribution in [0.5, 0.6) is 0 Å². The third kappa shape index (κ3) is 5.07. The molecule has 0 saturated carbocycles. The zero-order valence-electron chi connectivity index (χ0n) is 17.7. The summed E-state index contributed by atoms with van der Waals surface area (Å²) in [7, 11) is 0. The van der Waals surface area contributed by atoms with Gasteiger partial charge in [-0.2, -0.15) is 5.26 Å². The molecule has 162 valence electrons. The SMILES string of the molecule is Cc1cc(C#N)c(Cc2ccc(C(C)C)cc2)cc1[C@@H]1O[C@H](CO)C[C@H](O)[C@H]1O.O. The molecule has 2 aromatic carbocycles. The van der Waals surface area contributed by atoms with E-state index in [1.165, 1.54) is 5.56 Å². The predicted molar refractivity (Wildman–Crippen MR) is 114 cm³/mol. The van der Waals surface area contributed by atoms with E-state index >= 15 is 0 Å². The maximum atomic E-state index is 10.5. The van der Waals surface area contributed by atoms with Gasteiger partial charge < -0.3 is 25.5 Å². The third-order valence-corrected chi connectivity index (χ3v) is 5.71. The first kappa shape index (κ1) is 24.0. The summed E-state index contributed by atoms with van der Waals surface area (Å²) in [5.41, 5.74) is 5.35. The number of hydrogen-bond acceptors (Lipinski definition) is 5. The molecule has 0 aliphatic carbocycles. The van der Waals surface area contributed by atoms with E-state index in [4.69, 9.17) is 4.74 Å². The Morgan fingerprint density at radius 1 is 1.17 bits per heavy atom. The van der Waals surface area contributed by atoms with Gasteiger partial charge in [0.25, 0.3) is 0 Å². The van der Waals surface area contributed by atoms with E-state index in [-0.39, 0.29) is 18.5 Å². The molecule has 30 heavy (non-hydrogen) atoms. The Bertz CT molecular complexity index is 888. The molecule has 2 aromatic rings. The molecule has 0 amide bonds. The number of rotatable bonds is 5.